The van der Waals surface area contributed by atoms with Gasteiger partial charge in [-0.25, -0.2) is 0 Å². The highest BCUT2D eigenvalue weighted by atomic mass is 16.5. The lowest BCUT2D eigenvalue weighted by atomic mass is 10.1. The third kappa shape index (κ3) is 5.76. The Bertz CT molecular complexity index is 425. The number of hydrogen-bond acceptors (Lipinski definition) is 3. The minimum Gasteiger partial charge on any atom is -0.491 e. The molecular formula is C17H28N2O2. The van der Waals surface area contributed by atoms with Gasteiger partial charge in [-0.2, -0.15) is 0 Å². The van der Waals surface area contributed by atoms with E-state index in [4.69, 9.17) is 4.74 Å². The summed E-state index contributed by atoms with van der Waals surface area (Å²) in [5, 5.41) is 3.28. The zero-order chi connectivity index (χ0) is 15.8. The highest BCUT2D eigenvalue weighted by Crippen LogP contribution is 2.18. The van der Waals surface area contributed by atoms with Crippen LogP contribution >= 0.6 is 0 Å². The van der Waals surface area contributed by atoms with E-state index < -0.39 is 0 Å². The molecule has 1 rings (SSSR count). The average molecular weight is 292 g/mol. The molecule has 0 bridgehead atoms. The zero-order valence-corrected chi connectivity index (χ0v) is 13.8. The van der Waals surface area contributed by atoms with Crippen molar-refractivity contribution in [3.05, 3.63) is 29.8 Å². The van der Waals surface area contributed by atoms with Crippen LogP contribution in [-0.4, -0.2) is 36.5 Å². The van der Waals surface area contributed by atoms with Crippen molar-refractivity contribution in [1.29, 1.82) is 0 Å². The number of nitrogens with zero attached hydrogens (tertiary/aromatic N) is 1. The van der Waals surface area contributed by atoms with Gasteiger partial charge in [0.25, 0.3) is 0 Å². The molecule has 1 atom stereocenters. The van der Waals surface area contributed by atoms with E-state index >= 15 is 0 Å². The van der Waals surface area contributed by atoms with E-state index in [1.807, 2.05) is 56.9 Å². The molecule has 1 aromatic carbocycles. The lowest BCUT2D eigenvalue weighted by Crippen LogP contribution is -2.38. The predicted octanol–water partition coefficient (Wildman–Crippen LogP) is 2.99. The molecule has 1 amide bonds. The van der Waals surface area contributed by atoms with Crippen LogP contribution in [0.1, 0.15) is 46.2 Å². The second-order valence-corrected chi connectivity index (χ2v) is 5.40. The van der Waals surface area contributed by atoms with Gasteiger partial charge in [0, 0.05) is 19.1 Å². The van der Waals surface area contributed by atoms with E-state index in [1.54, 1.807) is 0 Å². The Morgan fingerprint density at radius 3 is 2.19 bits per heavy atom. The van der Waals surface area contributed by atoms with Crippen LogP contribution in [0.5, 0.6) is 5.75 Å². The molecule has 0 saturated carbocycles. The van der Waals surface area contributed by atoms with Gasteiger partial charge >= 0.3 is 0 Å². The quantitative estimate of drug-likeness (QED) is 0.801. The highest BCUT2D eigenvalue weighted by molar-refractivity contribution is 5.78. The number of amides is 1. The van der Waals surface area contributed by atoms with Gasteiger partial charge in [-0.1, -0.05) is 12.1 Å². The first-order chi connectivity index (χ1) is 9.97. The van der Waals surface area contributed by atoms with Crippen molar-refractivity contribution in [3.63, 3.8) is 0 Å². The third-order valence-corrected chi connectivity index (χ3v) is 3.43. The topological polar surface area (TPSA) is 41.6 Å². The van der Waals surface area contributed by atoms with Crippen LogP contribution in [0.25, 0.3) is 0 Å². The van der Waals surface area contributed by atoms with Crippen LogP contribution in [0.4, 0.5) is 0 Å². The van der Waals surface area contributed by atoms with E-state index in [9.17, 15) is 4.79 Å². The number of rotatable bonds is 8. The van der Waals surface area contributed by atoms with E-state index in [-0.39, 0.29) is 18.1 Å². The Labute approximate surface area is 128 Å². The van der Waals surface area contributed by atoms with E-state index in [1.165, 1.54) is 0 Å². The Balaban J connectivity index is 2.52. The molecular weight excluding hydrogens is 264 g/mol. The van der Waals surface area contributed by atoms with Crippen LogP contribution in [0.2, 0.25) is 0 Å². The number of ether oxygens (including phenoxy) is 1. The van der Waals surface area contributed by atoms with Gasteiger partial charge in [0.05, 0.1) is 12.6 Å². The summed E-state index contributed by atoms with van der Waals surface area (Å²) in [7, 11) is 0. The van der Waals surface area contributed by atoms with Crippen molar-refractivity contribution >= 4 is 5.91 Å². The number of likely N-dealkylation sites (N-methyl/N-ethyl adjacent to an activating group) is 1. The Hall–Kier alpha value is -1.55. The number of hydrogen-bond donors (Lipinski definition) is 1. The van der Waals surface area contributed by atoms with Crippen molar-refractivity contribution in [3.8, 4) is 5.75 Å². The molecule has 1 unspecified atom stereocenters. The molecule has 0 aliphatic heterocycles. The molecule has 0 aliphatic carbocycles. The molecule has 1 N–H and O–H groups in total. The fourth-order valence-corrected chi connectivity index (χ4v) is 2.15. The average Bonchev–Trinajstić information content (AvgIpc) is 2.46. The Morgan fingerprint density at radius 1 is 1.14 bits per heavy atom. The molecule has 0 spiro atoms. The van der Waals surface area contributed by atoms with Gasteiger partial charge in [0.15, 0.2) is 0 Å². The Morgan fingerprint density at radius 2 is 1.71 bits per heavy atom. The number of benzene rings is 1. The summed E-state index contributed by atoms with van der Waals surface area (Å²) < 4.78 is 5.63. The summed E-state index contributed by atoms with van der Waals surface area (Å²) in [6.45, 7) is 12.0. The van der Waals surface area contributed by atoms with Crippen LogP contribution in [0.3, 0.4) is 0 Å². The third-order valence-electron chi connectivity index (χ3n) is 3.43. The maximum atomic E-state index is 12.0. The van der Waals surface area contributed by atoms with Crippen LogP contribution in [-0.2, 0) is 4.79 Å². The zero-order valence-electron chi connectivity index (χ0n) is 13.8. The van der Waals surface area contributed by atoms with Crippen LogP contribution in [0.15, 0.2) is 24.3 Å². The van der Waals surface area contributed by atoms with Crippen LogP contribution < -0.4 is 10.1 Å². The van der Waals surface area contributed by atoms with Gasteiger partial charge in [-0.05, 0) is 52.3 Å². The molecule has 0 fully saturated rings. The highest BCUT2D eigenvalue weighted by Gasteiger charge is 2.12. The minimum absolute atomic E-state index is 0.137. The molecule has 0 radical (unpaired) electrons. The first-order valence-electron chi connectivity index (χ1n) is 7.75. The second-order valence-electron chi connectivity index (χ2n) is 5.40. The molecule has 118 valence electrons. The van der Waals surface area contributed by atoms with E-state index in [0.717, 1.165) is 24.4 Å². The van der Waals surface area contributed by atoms with Crippen LogP contribution in [0, 0.1) is 0 Å². The molecule has 0 aliphatic rings. The molecule has 4 heteroatoms. The van der Waals surface area contributed by atoms with Gasteiger partial charge in [0.1, 0.15) is 5.75 Å². The summed E-state index contributed by atoms with van der Waals surface area (Å²) >= 11 is 0. The van der Waals surface area contributed by atoms with Crippen molar-refractivity contribution < 1.29 is 9.53 Å². The maximum absolute atomic E-state index is 12.0. The smallest absolute Gasteiger partial charge is 0.236 e. The largest absolute Gasteiger partial charge is 0.491 e. The monoisotopic (exact) mass is 292 g/mol. The van der Waals surface area contributed by atoms with Crippen molar-refractivity contribution in [2.45, 2.75) is 46.8 Å². The summed E-state index contributed by atoms with van der Waals surface area (Å²) in [5.74, 6) is 1.02. The van der Waals surface area contributed by atoms with Crippen molar-refractivity contribution in [1.82, 2.24) is 10.2 Å². The fourth-order valence-electron chi connectivity index (χ4n) is 2.15. The molecule has 1 aromatic rings. The van der Waals surface area contributed by atoms with Crippen molar-refractivity contribution in [2.75, 3.05) is 19.6 Å². The predicted molar refractivity (Wildman–Crippen MR) is 86.6 cm³/mol. The van der Waals surface area contributed by atoms with Gasteiger partial charge < -0.3 is 15.0 Å². The van der Waals surface area contributed by atoms with Crippen molar-refractivity contribution in [2.24, 2.45) is 0 Å². The van der Waals surface area contributed by atoms with E-state index in [0.29, 0.717) is 6.54 Å². The second kappa shape index (κ2) is 8.67. The normalized spacial score (nSPS) is 12.3. The number of carbonyl (C=O) groups is 1. The fraction of sp³-hybridized carbons (Fsp3) is 0.588. The maximum Gasteiger partial charge on any atom is 0.236 e. The summed E-state index contributed by atoms with van der Waals surface area (Å²) in [4.78, 5) is 13.8. The van der Waals surface area contributed by atoms with Gasteiger partial charge in [0.2, 0.25) is 5.91 Å². The number of nitrogens with one attached hydrogen (secondary N) is 1. The molecule has 21 heavy (non-hydrogen) atoms. The first kappa shape index (κ1) is 17.5. The Kier molecular flexibility index (Phi) is 7.23. The van der Waals surface area contributed by atoms with E-state index in [2.05, 4.69) is 12.2 Å². The SMILES string of the molecule is CCN(CC)C(=O)CNC(C)c1ccc(OC(C)C)cc1. The van der Waals surface area contributed by atoms with Gasteiger partial charge in [-0.3, -0.25) is 4.79 Å². The molecule has 0 heterocycles. The lowest BCUT2D eigenvalue weighted by molar-refractivity contribution is -0.129. The standard InChI is InChI=1S/C17H28N2O2/c1-6-19(7-2)17(20)12-18-14(5)15-8-10-16(11-9-15)21-13(3)4/h8-11,13-14,18H,6-7,12H2,1-5H3. The summed E-state index contributed by atoms with van der Waals surface area (Å²) in [5.41, 5.74) is 1.15. The molecule has 0 aromatic heterocycles. The minimum atomic E-state index is 0.137. The van der Waals surface area contributed by atoms with Gasteiger partial charge in [-0.15, -0.1) is 0 Å². The summed E-state index contributed by atoms with van der Waals surface area (Å²) in [6.07, 6.45) is 0.179. The number of carbonyl (C=O) groups excluding carboxylic acids is 1. The molecule has 4 nitrogen and oxygen atoms in total. The molecule has 0 saturated heterocycles. The summed E-state index contributed by atoms with van der Waals surface area (Å²) in [6, 6.07) is 8.16. The lowest BCUT2D eigenvalue weighted by Gasteiger charge is -2.21. The first-order valence-corrected chi connectivity index (χ1v) is 7.75.